The lowest BCUT2D eigenvalue weighted by Gasteiger charge is -2.13. The number of nitrogens with zero attached hydrogens (tertiary/aromatic N) is 1. The molecule has 0 aliphatic rings. The van der Waals surface area contributed by atoms with Gasteiger partial charge >= 0.3 is 5.97 Å². The molecule has 0 saturated heterocycles. The molecule has 116 valence electrons. The normalized spacial score (nSPS) is 12.0. The molecule has 0 radical (unpaired) electrons. The maximum atomic E-state index is 14.2. The number of esters is 1. The number of hydrogen-bond acceptors (Lipinski definition) is 6. The fourth-order valence-electron chi connectivity index (χ4n) is 1.76. The van der Waals surface area contributed by atoms with Gasteiger partial charge in [-0.05, 0) is 12.1 Å². The van der Waals surface area contributed by atoms with E-state index in [0.717, 1.165) is 7.11 Å². The number of benzene rings is 1. The summed E-state index contributed by atoms with van der Waals surface area (Å²) in [5, 5.41) is 18.2. The first-order valence-electron chi connectivity index (χ1n) is 5.93. The number of ether oxygens (including phenoxy) is 1. The zero-order valence-electron chi connectivity index (χ0n) is 11.3. The highest BCUT2D eigenvalue weighted by molar-refractivity contribution is 6.35. The van der Waals surface area contributed by atoms with Crippen molar-refractivity contribution in [2.45, 2.75) is 0 Å². The number of hydrogen-bond donors (Lipinski definition) is 3. The number of halogens is 2. The Bertz CT molecular complexity index is 722. The molecule has 22 heavy (non-hydrogen) atoms. The monoisotopic (exact) mass is 327 g/mol. The topological polar surface area (TPSA) is 113 Å². The maximum absolute atomic E-state index is 14.2. The third kappa shape index (κ3) is 2.85. The molecule has 1 unspecified atom stereocenters. The smallest absolute Gasteiger partial charge is 0.358 e. The number of carbonyl (C=O) groups is 1. The molecule has 1 heterocycles. The Hall–Kier alpha value is -2.26. The summed E-state index contributed by atoms with van der Waals surface area (Å²) in [4.78, 5) is 15.4. The van der Waals surface area contributed by atoms with Crippen LogP contribution in [-0.2, 0) is 4.74 Å². The number of aromatic nitrogens is 1. The van der Waals surface area contributed by atoms with Crippen molar-refractivity contribution in [3.63, 3.8) is 0 Å². The van der Waals surface area contributed by atoms with Gasteiger partial charge in [-0.15, -0.1) is 0 Å². The van der Waals surface area contributed by atoms with Crippen LogP contribution in [0.15, 0.2) is 24.3 Å². The van der Waals surface area contributed by atoms with Gasteiger partial charge in [0.25, 0.3) is 0 Å². The molecular weight excluding hydrogens is 317 g/mol. The number of nitrogens with one attached hydrogen (secondary N) is 1. The minimum atomic E-state index is -1.12. The van der Waals surface area contributed by atoms with Gasteiger partial charge in [-0.25, -0.2) is 19.4 Å². The number of quaternary nitrogens is 1. The Morgan fingerprint density at radius 1 is 1.45 bits per heavy atom. The summed E-state index contributed by atoms with van der Waals surface area (Å²) in [7, 11) is 1.13. The molecule has 0 aliphatic carbocycles. The van der Waals surface area contributed by atoms with Crippen molar-refractivity contribution < 1.29 is 24.4 Å². The van der Waals surface area contributed by atoms with Crippen LogP contribution in [0.3, 0.4) is 0 Å². The lowest BCUT2D eigenvalue weighted by Crippen LogP contribution is -2.99. The van der Waals surface area contributed by atoms with Gasteiger partial charge in [-0.1, -0.05) is 11.6 Å². The second-order valence-corrected chi connectivity index (χ2v) is 4.60. The van der Waals surface area contributed by atoms with Crippen LogP contribution >= 0.6 is 11.6 Å². The average molecular weight is 328 g/mol. The van der Waals surface area contributed by atoms with Crippen LogP contribution in [0.2, 0.25) is 5.02 Å². The van der Waals surface area contributed by atoms with Crippen molar-refractivity contribution >= 4 is 28.9 Å². The average Bonchev–Trinajstić information content (AvgIpc) is 2.52. The van der Waals surface area contributed by atoms with Gasteiger partial charge in [-0.2, -0.15) is 5.23 Å². The molecule has 4 N–H and O–H groups in total. The minimum absolute atomic E-state index is 0.0271. The van der Waals surface area contributed by atoms with E-state index in [9.17, 15) is 14.4 Å². The first kappa shape index (κ1) is 16.1. The fraction of sp³-hybridized carbons (Fsp3) is 0.0769. The Morgan fingerprint density at radius 2 is 2.05 bits per heavy atom. The van der Waals surface area contributed by atoms with E-state index in [1.807, 2.05) is 0 Å². The molecule has 1 aromatic heterocycles. The molecule has 0 fully saturated rings. The second-order valence-electron chi connectivity index (χ2n) is 4.22. The Labute approximate surface area is 129 Å². The summed E-state index contributed by atoms with van der Waals surface area (Å²) in [6, 6.07) is 5.26. The predicted molar refractivity (Wildman–Crippen MR) is 76.2 cm³/mol. The highest BCUT2D eigenvalue weighted by Gasteiger charge is 2.22. The lowest BCUT2D eigenvalue weighted by molar-refractivity contribution is -0.991. The van der Waals surface area contributed by atoms with Crippen LogP contribution in [0.1, 0.15) is 10.5 Å². The van der Waals surface area contributed by atoms with E-state index < -0.39 is 22.7 Å². The summed E-state index contributed by atoms with van der Waals surface area (Å²) in [5.74, 6) is -1.76. The largest absolute Gasteiger partial charge is 0.595 e. The number of carbonyl (C=O) groups excluding carboxylic acids is 1. The first-order chi connectivity index (χ1) is 10.4. The van der Waals surface area contributed by atoms with Crippen LogP contribution in [0.25, 0.3) is 11.3 Å². The summed E-state index contributed by atoms with van der Waals surface area (Å²) in [6.45, 7) is 0. The summed E-state index contributed by atoms with van der Waals surface area (Å²) in [6.07, 6.45) is 0. The molecule has 0 aliphatic heterocycles. The van der Waals surface area contributed by atoms with Gasteiger partial charge in [-0.3, -0.25) is 0 Å². The van der Waals surface area contributed by atoms with Crippen molar-refractivity contribution in [2.75, 3.05) is 12.8 Å². The van der Waals surface area contributed by atoms with Crippen LogP contribution in [0, 0.1) is 11.0 Å². The molecule has 9 heteroatoms. The zero-order valence-corrected chi connectivity index (χ0v) is 12.0. The molecule has 0 amide bonds. The molecule has 0 bridgehead atoms. The van der Waals surface area contributed by atoms with E-state index in [4.69, 9.17) is 22.5 Å². The van der Waals surface area contributed by atoms with Gasteiger partial charge in [0.15, 0.2) is 17.2 Å². The van der Waals surface area contributed by atoms with Gasteiger partial charge in [0.1, 0.15) is 5.69 Å². The molecule has 7 nitrogen and oxygen atoms in total. The van der Waals surface area contributed by atoms with E-state index in [0.29, 0.717) is 0 Å². The third-order valence-corrected chi connectivity index (χ3v) is 3.28. The fourth-order valence-corrected chi connectivity index (χ4v) is 1.96. The predicted octanol–water partition coefficient (Wildman–Crippen LogP) is 1.31. The van der Waals surface area contributed by atoms with Gasteiger partial charge < -0.3 is 15.7 Å². The van der Waals surface area contributed by atoms with E-state index in [2.05, 4.69) is 9.72 Å². The van der Waals surface area contributed by atoms with E-state index in [1.54, 1.807) is 0 Å². The second kappa shape index (κ2) is 6.24. The quantitative estimate of drug-likeness (QED) is 0.578. The number of methoxy groups -OCH3 is 1. The summed E-state index contributed by atoms with van der Waals surface area (Å²) >= 11 is 5.79. The van der Waals surface area contributed by atoms with Crippen LogP contribution in [-0.4, -0.2) is 23.3 Å². The standard InChI is InChI=1S/C13H11ClFN3O4/c1-22-13(19)12-8(14)10(16)9(15)11(17-12)6-2-4-7(5-3-6)18(20)21/h2-5,18,20H,1H3,(H2,16,17). The highest BCUT2D eigenvalue weighted by Crippen LogP contribution is 2.32. The van der Waals surface area contributed by atoms with Gasteiger partial charge in [0.2, 0.25) is 0 Å². The van der Waals surface area contributed by atoms with Crippen molar-refractivity contribution in [1.29, 1.82) is 0 Å². The Balaban J connectivity index is 2.59. The minimum Gasteiger partial charge on any atom is -0.595 e. The lowest BCUT2D eigenvalue weighted by atomic mass is 10.1. The van der Waals surface area contributed by atoms with E-state index >= 15 is 0 Å². The van der Waals surface area contributed by atoms with Crippen LogP contribution in [0.4, 0.5) is 15.8 Å². The molecule has 1 atom stereocenters. The number of rotatable bonds is 3. The summed E-state index contributed by atoms with van der Waals surface area (Å²) < 4.78 is 18.7. The molecule has 0 saturated carbocycles. The maximum Gasteiger partial charge on any atom is 0.358 e. The Kier molecular flexibility index (Phi) is 4.57. The third-order valence-electron chi connectivity index (χ3n) is 2.90. The molecular formula is C13H11ClFN3O4. The van der Waals surface area contributed by atoms with E-state index in [-0.39, 0.29) is 27.7 Å². The van der Waals surface area contributed by atoms with Crippen LogP contribution in [0.5, 0.6) is 0 Å². The number of nitrogens with two attached hydrogens (primary N) is 1. The number of nitrogen functional groups attached to an aromatic ring is 1. The van der Waals surface area contributed by atoms with Crippen molar-refractivity contribution in [1.82, 2.24) is 4.98 Å². The van der Waals surface area contributed by atoms with Crippen molar-refractivity contribution in [3.8, 4) is 11.3 Å². The first-order valence-corrected chi connectivity index (χ1v) is 6.31. The molecule has 2 rings (SSSR count). The SMILES string of the molecule is COC(=O)c1nc(-c2ccc([NH+]([O-])O)cc2)c(F)c(N)c1Cl. The summed E-state index contributed by atoms with van der Waals surface area (Å²) in [5.41, 5.74) is 4.84. The van der Waals surface area contributed by atoms with Crippen molar-refractivity contribution in [3.05, 3.63) is 46.0 Å². The molecule has 2 aromatic rings. The van der Waals surface area contributed by atoms with Crippen LogP contribution < -0.4 is 11.0 Å². The Morgan fingerprint density at radius 3 is 2.55 bits per heavy atom. The van der Waals surface area contributed by atoms with Gasteiger partial charge in [0, 0.05) is 17.7 Å². The van der Waals surface area contributed by atoms with E-state index in [1.165, 1.54) is 24.3 Å². The molecule has 0 spiro atoms. The highest BCUT2D eigenvalue weighted by atomic mass is 35.5. The zero-order chi connectivity index (χ0) is 16.4. The molecule has 1 aromatic carbocycles. The van der Waals surface area contributed by atoms with Crippen molar-refractivity contribution in [2.24, 2.45) is 0 Å². The number of anilines is 1. The number of pyridine rings is 1. The van der Waals surface area contributed by atoms with Gasteiger partial charge in [0.05, 0.1) is 17.8 Å².